The summed E-state index contributed by atoms with van der Waals surface area (Å²) in [6.45, 7) is 3.24. The van der Waals surface area contributed by atoms with Gasteiger partial charge in [0.1, 0.15) is 0 Å². The first kappa shape index (κ1) is 7.60. The molecule has 0 aliphatic heterocycles. The Balaban J connectivity index is 2.06. The predicted molar refractivity (Wildman–Crippen MR) is 47.2 cm³/mol. The first-order valence-corrected chi connectivity index (χ1v) is 5.02. The molecule has 0 heterocycles. The van der Waals surface area contributed by atoms with E-state index in [2.05, 4.69) is 6.92 Å². The maximum atomic E-state index is 5.84. The molecular formula is C10H19N. The van der Waals surface area contributed by atoms with Gasteiger partial charge < -0.3 is 5.73 Å². The second-order valence-corrected chi connectivity index (χ2v) is 4.42. The molecule has 0 bridgehead atoms. The molecule has 0 aromatic heterocycles. The molecule has 64 valence electrons. The van der Waals surface area contributed by atoms with Crippen molar-refractivity contribution in [3.05, 3.63) is 0 Å². The second kappa shape index (κ2) is 2.48. The zero-order valence-corrected chi connectivity index (χ0v) is 7.47. The lowest BCUT2D eigenvalue weighted by atomic mass is 9.54. The summed E-state index contributed by atoms with van der Waals surface area (Å²) >= 11 is 0. The third-order valence-corrected chi connectivity index (χ3v) is 4.23. The summed E-state index contributed by atoms with van der Waals surface area (Å²) in [5.41, 5.74) is 6.42. The summed E-state index contributed by atoms with van der Waals surface area (Å²) in [6.07, 6.45) is 7.18. The van der Waals surface area contributed by atoms with Crippen LogP contribution in [0.25, 0.3) is 0 Å². The van der Waals surface area contributed by atoms with Gasteiger partial charge in [0, 0.05) is 0 Å². The molecule has 11 heavy (non-hydrogen) atoms. The molecule has 0 unspecified atom stereocenters. The van der Waals surface area contributed by atoms with Crippen molar-refractivity contribution in [3.8, 4) is 0 Å². The van der Waals surface area contributed by atoms with Gasteiger partial charge in [0.25, 0.3) is 0 Å². The van der Waals surface area contributed by atoms with Gasteiger partial charge in [-0.05, 0) is 43.1 Å². The van der Waals surface area contributed by atoms with Crippen LogP contribution in [0.4, 0.5) is 0 Å². The largest absolute Gasteiger partial charge is 0.330 e. The van der Waals surface area contributed by atoms with Crippen LogP contribution in [0.3, 0.4) is 0 Å². The van der Waals surface area contributed by atoms with E-state index in [9.17, 15) is 0 Å². The molecule has 2 saturated carbocycles. The van der Waals surface area contributed by atoms with Crippen molar-refractivity contribution in [1.82, 2.24) is 0 Å². The molecule has 0 aromatic rings. The molecule has 1 nitrogen and oxygen atoms in total. The van der Waals surface area contributed by atoms with E-state index in [1.165, 1.54) is 32.1 Å². The minimum atomic E-state index is 0.584. The molecule has 1 heteroatoms. The zero-order valence-electron chi connectivity index (χ0n) is 7.47. The predicted octanol–water partition coefficient (Wildman–Crippen LogP) is 2.16. The van der Waals surface area contributed by atoms with E-state index in [1.54, 1.807) is 0 Å². The Labute approximate surface area is 69.4 Å². The fourth-order valence-electron chi connectivity index (χ4n) is 3.39. The number of hydrogen-bond donors (Lipinski definition) is 1. The topological polar surface area (TPSA) is 26.0 Å². The zero-order chi connectivity index (χ0) is 7.90. The van der Waals surface area contributed by atoms with Crippen LogP contribution in [0.15, 0.2) is 0 Å². The van der Waals surface area contributed by atoms with E-state index in [-0.39, 0.29) is 0 Å². The van der Waals surface area contributed by atoms with Crippen molar-refractivity contribution in [3.63, 3.8) is 0 Å². The summed E-state index contributed by atoms with van der Waals surface area (Å²) in [5.74, 6) is 2.08. The fourth-order valence-corrected chi connectivity index (χ4v) is 3.39. The molecule has 2 N–H and O–H groups in total. The summed E-state index contributed by atoms with van der Waals surface area (Å²) in [4.78, 5) is 0. The highest BCUT2D eigenvalue weighted by molar-refractivity contribution is 5.03. The molecule has 3 atom stereocenters. The monoisotopic (exact) mass is 153 g/mol. The highest BCUT2D eigenvalue weighted by Gasteiger charge is 2.52. The van der Waals surface area contributed by atoms with Crippen LogP contribution < -0.4 is 5.73 Å². The summed E-state index contributed by atoms with van der Waals surface area (Å²) < 4.78 is 0. The Morgan fingerprint density at radius 2 is 2.27 bits per heavy atom. The van der Waals surface area contributed by atoms with Crippen LogP contribution in [0.5, 0.6) is 0 Å². The van der Waals surface area contributed by atoms with E-state index in [4.69, 9.17) is 5.73 Å². The smallest absolute Gasteiger partial charge is 0.00178 e. The van der Waals surface area contributed by atoms with Crippen LogP contribution in [0.2, 0.25) is 0 Å². The van der Waals surface area contributed by atoms with Gasteiger partial charge in [-0.3, -0.25) is 0 Å². The van der Waals surface area contributed by atoms with Gasteiger partial charge in [0.05, 0.1) is 0 Å². The van der Waals surface area contributed by atoms with E-state index >= 15 is 0 Å². The number of fused-ring (bicyclic) bond motifs is 1. The minimum Gasteiger partial charge on any atom is -0.330 e. The average molecular weight is 153 g/mol. The van der Waals surface area contributed by atoms with Gasteiger partial charge >= 0.3 is 0 Å². The minimum absolute atomic E-state index is 0.584. The SMILES string of the molecule is CC[C@@]1(CN)C[C@@H]2CCC[C@@H]21. The molecular weight excluding hydrogens is 134 g/mol. The lowest BCUT2D eigenvalue weighted by Gasteiger charge is -2.52. The Morgan fingerprint density at radius 1 is 1.45 bits per heavy atom. The fraction of sp³-hybridized carbons (Fsp3) is 1.00. The van der Waals surface area contributed by atoms with Gasteiger partial charge in [-0.2, -0.15) is 0 Å². The van der Waals surface area contributed by atoms with Crippen molar-refractivity contribution in [2.24, 2.45) is 23.0 Å². The van der Waals surface area contributed by atoms with Crippen LogP contribution in [0, 0.1) is 17.3 Å². The Bertz CT molecular complexity index is 149. The molecule has 0 saturated heterocycles. The highest BCUT2D eigenvalue weighted by atomic mass is 14.7. The molecule has 0 aromatic carbocycles. The van der Waals surface area contributed by atoms with Crippen LogP contribution >= 0.6 is 0 Å². The van der Waals surface area contributed by atoms with Gasteiger partial charge in [0.15, 0.2) is 0 Å². The molecule has 0 amide bonds. The molecule has 0 spiro atoms. The van der Waals surface area contributed by atoms with Crippen molar-refractivity contribution in [2.75, 3.05) is 6.54 Å². The van der Waals surface area contributed by atoms with Gasteiger partial charge in [0.2, 0.25) is 0 Å². The van der Waals surface area contributed by atoms with Crippen LogP contribution in [-0.4, -0.2) is 6.54 Å². The number of hydrogen-bond acceptors (Lipinski definition) is 1. The molecule has 2 aliphatic rings. The normalized spacial score (nSPS) is 48.5. The van der Waals surface area contributed by atoms with E-state index < -0.39 is 0 Å². The third kappa shape index (κ3) is 0.868. The van der Waals surface area contributed by atoms with Gasteiger partial charge in [-0.25, -0.2) is 0 Å². The van der Waals surface area contributed by atoms with Crippen molar-refractivity contribution >= 4 is 0 Å². The second-order valence-electron chi connectivity index (χ2n) is 4.42. The lowest BCUT2D eigenvalue weighted by molar-refractivity contribution is -0.0163. The summed E-state index contributed by atoms with van der Waals surface area (Å²) in [7, 11) is 0. The van der Waals surface area contributed by atoms with Crippen LogP contribution in [-0.2, 0) is 0 Å². The Morgan fingerprint density at radius 3 is 2.82 bits per heavy atom. The first-order valence-electron chi connectivity index (χ1n) is 5.02. The molecule has 0 radical (unpaired) electrons. The lowest BCUT2D eigenvalue weighted by Crippen LogP contribution is -2.49. The van der Waals surface area contributed by atoms with Crippen molar-refractivity contribution < 1.29 is 0 Å². The standard InChI is InChI=1S/C10H19N/c1-2-10(7-11)6-8-4-3-5-9(8)10/h8-9H,2-7,11H2,1H3/t8-,9-,10-/m0/s1. The quantitative estimate of drug-likeness (QED) is 0.646. The first-order chi connectivity index (χ1) is 5.32. The Kier molecular flexibility index (Phi) is 1.71. The van der Waals surface area contributed by atoms with E-state index in [0.717, 1.165) is 18.4 Å². The van der Waals surface area contributed by atoms with E-state index in [0.29, 0.717) is 5.41 Å². The van der Waals surface area contributed by atoms with Crippen molar-refractivity contribution in [1.29, 1.82) is 0 Å². The Hall–Kier alpha value is -0.0400. The van der Waals surface area contributed by atoms with E-state index in [1.807, 2.05) is 0 Å². The molecule has 2 fully saturated rings. The number of nitrogens with two attached hydrogens (primary N) is 1. The average Bonchev–Trinajstić information content (AvgIpc) is 2.37. The van der Waals surface area contributed by atoms with Gasteiger partial charge in [-0.1, -0.05) is 19.8 Å². The molecule has 2 rings (SSSR count). The summed E-state index contributed by atoms with van der Waals surface area (Å²) in [5, 5.41) is 0. The maximum Gasteiger partial charge on any atom is -0.00178 e. The van der Waals surface area contributed by atoms with Crippen molar-refractivity contribution in [2.45, 2.75) is 39.0 Å². The number of rotatable bonds is 2. The maximum absolute atomic E-state index is 5.84. The highest BCUT2D eigenvalue weighted by Crippen LogP contribution is 2.60. The molecule has 2 aliphatic carbocycles. The summed E-state index contributed by atoms with van der Waals surface area (Å²) in [6, 6.07) is 0. The van der Waals surface area contributed by atoms with Gasteiger partial charge in [-0.15, -0.1) is 0 Å². The third-order valence-electron chi connectivity index (χ3n) is 4.23. The van der Waals surface area contributed by atoms with Crippen LogP contribution in [0.1, 0.15) is 39.0 Å².